The summed E-state index contributed by atoms with van der Waals surface area (Å²) in [7, 11) is 0. The molecule has 166 valence electrons. The minimum absolute atomic E-state index is 0.0285. The van der Waals surface area contributed by atoms with E-state index in [1.54, 1.807) is 16.7 Å². The zero-order valence-corrected chi connectivity index (χ0v) is 19.5. The summed E-state index contributed by atoms with van der Waals surface area (Å²) in [6, 6.07) is 16.9. The van der Waals surface area contributed by atoms with Crippen LogP contribution in [-0.2, 0) is 4.79 Å². The number of hydrogen-bond donors (Lipinski definition) is 1. The van der Waals surface area contributed by atoms with Crippen molar-refractivity contribution in [2.45, 2.75) is 62.8 Å². The van der Waals surface area contributed by atoms with Gasteiger partial charge in [0, 0.05) is 17.1 Å². The van der Waals surface area contributed by atoms with E-state index in [1.807, 2.05) is 60.9 Å². The molecule has 0 aromatic heterocycles. The second kappa shape index (κ2) is 11.9. The number of nitrogens with one attached hydrogen (secondary N) is 1. The third kappa shape index (κ3) is 5.91. The van der Waals surface area contributed by atoms with E-state index < -0.39 is 6.04 Å². The Kier molecular flexibility index (Phi) is 9.01. The van der Waals surface area contributed by atoms with E-state index in [4.69, 9.17) is 0 Å². The first kappa shape index (κ1) is 23.4. The Morgan fingerprint density at radius 1 is 1.03 bits per heavy atom. The number of hydrogen-bond acceptors (Lipinski definition) is 3. The maximum absolute atomic E-state index is 14.0. The Morgan fingerprint density at radius 3 is 2.39 bits per heavy atom. The highest BCUT2D eigenvalue weighted by molar-refractivity contribution is 7.98. The average molecular weight is 439 g/mol. The quantitative estimate of drug-likeness (QED) is 0.390. The molecule has 2 aromatic carbocycles. The van der Waals surface area contributed by atoms with E-state index in [1.165, 1.54) is 6.42 Å². The Balaban J connectivity index is 2.04. The lowest BCUT2D eigenvalue weighted by molar-refractivity contribution is -0.123. The van der Waals surface area contributed by atoms with Crippen molar-refractivity contribution >= 4 is 29.3 Å². The molecule has 0 spiro atoms. The molecule has 3 rings (SSSR count). The van der Waals surface area contributed by atoms with Crippen molar-refractivity contribution in [2.24, 2.45) is 5.92 Å². The van der Waals surface area contributed by atoms with Crippen LogP contribution in [0, 0.1) is 5.92 Å². The van der Waals surface area contributed by atoms with Crippen LogP contribution in [-0.4, -0.2) is 30.7 Å². The van der Waals surface area contributed by atoms with Crippen LogP contribution in [0.15, 0.2) is 59.5 Å². The zero-order chi connectivity index (χ0) is 22.1. The molecule has 1 fully saturated rings. The molecule has 5 heteroatoms. The summed E-state index contributed by atoms with van der Waals surface area (Å²) in [5, 5.41) is 3.13. The lowest BCUT2D eigenvalue weighted by atomic mass is 9.82. The van der Waals surface area contributed by atoms with Gasteiger partial charge in [-0.15, -0.1) is 11.8 Å². The Bertz CT molecular complexity index is 849. The van der Waals surface area contributed by atoms with Gasteiger partial charge in [0.15, 0.2) is 0 Å². The third-order valence-electron chi connectivity index (χ3n) is 6.06. The van der Waals surface area contributed by atoms with E-state index >= 15 is 0 Å². The van der Waals surface area contributed by atoms with Gasteiger partial charge in [-0.1, -0.05) is 62.9 Å². The smallest absolute Gasteiger partial charge is 0.260 e. The number of para-hydroxylation sites is 1. The number of carbonyl (C=O) groups excluding carboxylic acids is 2. The zero-order valence-electron chi connectivity index (χ0n) is 18.7. The van der Waals surface area contributed by atoms with Gasteiger partial charge in [0.25, 0.3) is 5.91 Å². The molecule has 0 bridgehead atoms. The van der Waals surface area contributed by atoms with E-state index in [2.05, 4.69) is 12.2 Å². The molecule has 2 aromatic rings. The first-order valence-corrected chi connectivity index (χ1v) is 12.7. The molecule has 0 heterocycles. The van der Waals surface area contributed by atoms with E-state index in [9.17, 15) is 9.59 Å². The number of benzene rings is 2. The Hall–Kier alpha value is -2.27. The fourth-order valence-corrected chi connectivity index (χ4v) is 5.02. The molecule has 4 nitrogen and oxygen atoms in total. The highest BCUT2D eigenvalue weighted by Gasteiger charge is 2.38. The summed E-state index contributed by atoms with van der Waals surface area (Å²) in [5.74, 6) is 0.0394. The Labute approximate surface area is 190 Å². The lowest BCUT2D eigenvalue weighted by Gasteiger charge is -2.38. The molecule has 31 heavy (non-hydrogen) atoms. The van der Waals surface area contributed by atoms with Gasteiger partial charge in [0.05, 0.1) is 5.56 Å². The largest absolute Gasteiger partial charge is 0.354 e. The van der Waals surface area contributed by atoms with E-state index in [0.29, 0.717) is 12.1 Å². The van der Waals surface area contributed by atoms with Crippen molar-refractivity contribution in [1.29, 1.82) is 0 Å². The van der Waals surface area contributed by atoms with Gasteiger partial charge in [-0.05, 0) is 55.7 Å². The topological polar surface area (TPSA) is 49.4 Å². The third-order valence-corrected chi connectivity index (χ3v) is 6.86. The molecule has 0 radical (unpaired) electrons. The number of unbranched alkanes of at least 4 members (excludes halogenated alkanes) is 1. The first-order valence-electron chi connectivity index (χ1n) is 11.5. The molecule has 0 saturated heterocycles. The molecule has 1 unspecified atom stereocenters. The van der Waals surface area contributed by atoms with Crippen LogP contribution in [0.4, 0.5) is 5.69 Å². The van der Waals surface area contributed by atoms with Crippen molar-refractivity contribution in [3.05, 3.63) is 60.2 Å². The normalized spacial score (nSPS) is 15.3. The van der Waals surface area contributed by atoms with Gasteiger partial charge in [-0.25, -0.2) is 0 Å². The van der Waals surface area contributed by atoms with Crippen LogP contribution in [0.2, 0.25) is 0 Å². The number of anilines is 1. The summed E-state index contributed by atoms with van der Waals surface area (Å²) in [6.07, 6.45) is 9.33. The molecule has 0 aliphatic heterocycles. The minimum Gasteiger partial charge on any atom is -0.354 e. The fraction of sp³-hybridized carbons (Fsp3) is 0.462. The van der Waals surface area contributed by atoms with Crippen LogP contribution < -0.4 is 10.2 Å². The highest BCUT2D eigenvalue weighted by atomic mass is 32.2. The van der Waals surface area contributed by atoms with Gasteiger partial charge in [0.2, 0.25) is 5.91 Å². The Morgan fingerprint density at radius 2 is 1.71 bits per heavy atom. The number of thioether (sulfide) groups is 1. The van der Waals surface area contributed by atoms with Gasteiger partial charge in [0.1, 0.15) is 6.04 Å². The number of rotatable bonds is 9. The van der Waals surface area contributed by atoms with Gasteiger partial charge >= 0.3 is 0 Å². The SMILES string of the molecule is CCCCNC(=O)C(C1CCCCC1)N(C(=O)c1ccccc1SC)c1ccccc1. The maximum Gasteiger partial charge on any atom is 0.260 e. The fourth-order valence-electron chi connectivity index (χ4n) is 4.43. The van der Waals surface area contributed by atoms with Gasteiger partial charge < -0.3 is 5.32 Å². The lowest BCUT2D eigenvalue weighted by Crippen LogP contribution is -2.54. The molecule has 1 saturated carbocycles. The summed E-state index contributed by atoms with van der Waals surface area (Å²) in [4.78, 5) is 30.2. The van der Waals surface area contributed by atoms with Gasteiger partial charge in [-0.2, -0.15) is 0 Å². The average Bonchev–Trinajstić information content (AvgIpc) is 2.83. The standard InChI is InChI=1S/C26H34N2O2S/c1-3-4-19-27-25(29)24(20-13-7-5-8-14-20)28(21-15-9-6-10-16-21)26(30)22-17-11-12-18-23(22)31-2/h6,9-12,15-18,20,24H,3-5,7-8,13-14,19H2,1-2H3,(H,27,29). The van der Waals surface area contributed by atoms with Crippen LogP contribution >= 0.6 is 11.8 Å². The van der Waals surface area contributed by atoms with Crippen molar-refractivity contribution in [3.8, 4) is 0 Å². The van der Waals surface area contributed by atoms with Crippen molar-refractivity contribution < 1.29 is 9.59 Å². The first-order chi connectivity index (χ1) is 15.2. The molecular weight excluding hydrogens is 404 g/mol. The molecule has 1 aliphatic carbocycles. The van der Waals surface area contributed by atoms with Gasteiger partial charge in [-0.3, -0.25) is 14.5 Å². The second-order valence-corrected chi connectivity index (χ2v) is 9.05. The highest BCUT2D eigenvalue weighted by Crippen LogP contribution is 2.34. The van der Waals surface area contributed by atoms with Crippen LogP contribution in [0.3, 0.4) is 0 Å². The van der Waals surface area contributed by atoms with Crippen LogP contribution in [0.1, 0.15) is 62.2 Å². The van der Waals surface area contributed by atoms with Crippen molar-refractivity contribution in [1.82, 2.24) is 5.32 Å². The summed E-state index contributed by atoms with van der Waals surface area (Å²) in [5.41, 5.74) is 1.44. The number of nitrogens with zero attached hydrogens (tertiary/aromatic N) is 1. The molecule has 1 aliphatic rings. The monoisotopic (exact) mass is 438 g/mol. The molecule has 1 N–H and O–H groups in total. The van der Waals surface area contributed by atoms with Crippen LogP contribution in [0.5, 0.6) is 0 Å². The van der Waals surface area contributed by atoms with Crippen molar-refractivity contribution in [3.63, 3.8) is 0 Å². The maximum atomic E-state index is 14.0. The van der Waals surface area contributed by atoms with E-state index in [0.717, 1.165) is 49.1 Å². The van der Waals surface area contributed by atoms with Crippen molar-refractivity contribution in [2.75, 3.05) is 17.7 Å². The predicted octanol–water partition coefficient (Wildman–Crippen LogP) is 5.92. The van der Waals surface area contributed by atoms with Crippen LogP contribution in [0.25, 0.3) is 0 Å². The second-order valence-electron chi connectivity index (χ2n) is 8.20. The summed E-state index contributed by atoms with van der Waals surface area (Å²) < 4.78 is 0. The molecule has 2 amide bonds. The number of amides is 2. The minimum atomic E-state index is -0.498. The summed E-state index contributed by atoms with van der Waals surface area (Å²) in [6.45, 7) is 2.76. The molecule has 1 atom stereocenters. The molecular formula is C26H34N2O2S. The number of carbonyl (C=O) groups is 2. The predicted molar refractivity (Wildman–Crippen MR) is 130 cm³/mol. The summed E-state index contributed by atoms with van der Waals surface area (Å²) >= 11 is 1.56. The van der Waals surface area contributed by atoms with E-state index in [-0.39, 0.29) is 17.7 Å².